The van der Waals surface area contributed by atoms with Gasteiger partial charge in [-0.3, -0.25) is 0 Å². The van der Waals surface area contributed by atoms with Crippen LogP contribution in [0.2, 0.25) is 16.6 Å². The Hall–Kier alpha value is -4.42. The predicted molar refractivity (Wildman–Crippen MR) is 290 cm³/mol. The Kier molecular flexibility index (Phi) is 16.5. The highest BCUT2D eigenvalue weighted by Gasteiger charge is 2.41. The largest absolute Gasteiger partial charge is 0.146 e. The molecule has 0 nitrogen and oxygen atoms in total. The number of aryl methyl sites for hydroxylation is 3. The molecule has 0 radical (unpaired) electrons. The van der Waals surface area contributed by atoms with E-state index in [1.54, 1.807) is 0 Å². The summed E-state index contributed by atoms with van der Waals surface area (Å²) in [5.41, 5.74) is 17.1. The summed E-state index contributed by atoms with van der Waals surface area (Å²) in [6.45, 7) is 21.3. The molecular weight excluding hydrogens is 845 g/mol. The van der Waals surface area contributed by atoms with Crippen molar-refractivity contribution in [3.05, 3.63) is 139 Å². The molecule has 4 heteroatoms. The van der Waals surface area contributed by atoms with E-state index in [0.29, 0.717) is 16.6 Å². The van der Waals surface area contributed by atoms with Gasteiger partial charge in [0.15, 0.2) is 0 Å². The third-order valence-corrected chi connectivity index (χ3v) is 22.9. The van der Waals surface area contributed by atoms with Gasteiger partial charge in [-0.05, 0) is 113 Å². The lowest BCUT2D eigenvalue weighted by atomic mass is 9.94. The smallest absolute Gasteiger partial charge is 0.140 e. The number of hydrogen-bond donors (Lipinski definition) is 0. The second-order valence-corrected chi connectivity index (χ2v) is 27.8. The van der Waals surface area contributed by atoms with Crippen LogP contribution in [0.3, 0.4) is 0 Å². The third kappa shape index (κ3) is 11.0. The van der Waals surface area contributed by atoms with Crippen LogP contribution in [0.25, 0.3) is 54.6 Å². The summed E-state index contributed by atoms with van der Waals surface area (Å²) >= 11 is 5.72. The first kappa shape index (κ1) is 47.5. The molecule has 0 aliphatic rings. The Balaban J connectivity index is 1.19. The van der Waals surface area contributed by atoms with Crippen LogP contribution in [0.15, 0.2) is 109 Å². The van der Waals surface area contributed by atoms with Crippen LogP contribution in [0.4, 0.5) is 0 Å². The summed E-state index contributed by atoms with van der Waals surface area (Å²) in [7, 11) is -1.87. The van der Waals surface area contributed by atoms with E-state index in [4.69, 9.17) is 0 Å². The molecule has 0 bridgehead atoms. The molecule has 0 amide bonds. The number of benzene rings is 4. The van der Waals surface area contributed by atoms with Crippen molar-refractivity contribution in [2.45, 2.75) is 143 Å². The molecule has 0 unspecified atom stereocenters. The van der Waals surface area contributed by atoms with E-state index >= 15 is 0 Å². The minimum atomic E-state index is -1.87. The molecule has 0 aliphatic carbocycles. The SMILES string of the molecule is CCCCCCc1cc(-c2ccc(-c3ccc(-c4ccc(-c5cc(CCCCCC)sc5C#C[Si](C(C)C)(C(C)C)C(C)C)cc4)c4sc(C)cc34)cc2)c(C#Cc2ccccc2)s1. The summed E-state index contributed by atoms with van der Waals surface area (Å²) in [4.78, 5) is 6.65. The van der Waals surface area contributed by atoms with Crippen LogP contribution in [0.5, 0.6) is 0 Å². The first-order valence-electron chi connectivity index (χ1n) is 24.1. The van der Waals surface area contributed by atoms with Crippen LogP contribution in [0.1, 0.15) is 137 Å². The van der Waals surface area contributed by atoms with Gasteiger partial charge in [0, 0.05) is 41.4 Å². The minimum Gasteiger partial charge on any atom is -0.140 e. The Morgan fingerprint density at radius 2 is 0.938 bits per heavy atom. The lowest BCUT2D eigenvalue weighted by Crippen LogP contribution is -2.43. The second-order valence-electron chi connectivity index (χ2n) is 18.7. The number of unbranched alkanes of at least 4 members (excludes halogenated alkanes) is 6. The fourth-order valence-electron chi connectivity index (χ4n) is 9.83. The maximum Gasteiger partial charge on any atom is 0.146 e. The molecule has 0 saturated carbocycles. The molecule has 330 valence electrons. The van der Waals surface area contributed by atoms with Crippen molar-refractivity contribution in [2.24, 2.45) is 0 Å². The van der Waals surface area contributed by atoms with Gasteiger partial charge in [0.1, 0.15) is 8.07 Å². The molecule has 0 saturated heterocycles. The van der Waals surface area contributed by atoms with Gasteiger partial charge < -0.3 is 0 Å². The predicted octanol–water partition coefficient (Wildman–Crippen LogP) is 19.2. The Morgan fingerprint density at radius 1 is 0.469 bits per heavy atom. The number of rotatable bonds is 17. The average molecular weight is 913 g/mol. The molecule has 4 aromatic carbocycles. The van der Waals surface area contributed by atoms with Gasteiger partial charge in [0.25, 0.3) is 0 Å². The number of fused-ring (bicyclic) bond motifs is 1. The van der Waals surface area contributed by atoms with E-state index in [-0.39, 0.29) is 0 Å². The first-order valence-corrected chi connectivity index (χ1v) is 28.8. The van der Waals surface area contributed by atoms with E-state index in [0.717, 1.165) is 23.3 Å². The fourth-order valence-corrected chi connectivity index (χ4v) is 18.3. The van der Waals surface area contributed by atoms with E-state index in [1.165, 1.54) is 125 Å². The van der Waals surface area contributed by atoms with E-state index < -0.39 is 8.07 Å². The van der Waals surface area contributed by atoms with Gasteiger partial charge in [0.05, 0.1) is 9.75 Å². The van der Waals surface area contributed by atoms with Crippen molar-refractivity contribution in [1.29, 1.82) is 0 Å². The van der Waals surface area contributed by atoms with E-state index in [2.05, 4.69) is 189 Å². The summed E-state index contributed by atoms with van der Waals surface area (Å²) < 4.78 is 1.35. The summed E-state index contributed by atoms with van der Waals surface area (Å²) in [6.07, 6.45) is 12.5. The molecule has 7 rings (SSSR count). The van der Waals surface area contributed by atoms with Crippen molar-refractivity contribution >= 4 is 52.2 Å². The zero-order valence-electron chi connectivity index (χ0n) is 39.9. The second kappa shape index (κ2) is 22.2. The average Bonchev–Trinajstić information content (AvgIpc) is 4.02. The summed E-state index contributed by atoms with van der Waals surface area (Å²) in [6, 6.07) is 40.9. The topological polar surface area (TPSA) is 0 Å². The molecule has 0 spiro atoms. The first-order chi connectivity index (χ1) is 31.0. The van der Waals surface area contributed by atoms with Crippen molar-refractivity contribution in [2.75, 3.05) is 0 Å². The van der Waals surface area contributed by atoms with Gasteiger partial charge >= 0.3 is 0 Å². The van der Waals surface area contributed by atoms with Crippen LogP contribution < -0.4 is 0 Å². The van der Waals surface area contributed by atoms with Crippen molar-refractivity contribution in [3.63, 3.8) is 0 Å². The molecule has 0 N–H and O–H groups in total. The molecule has 7 aromatic rings. The standard InChI is InChI=1S/C60H68S3Si/c1-10-12-14-19-23-51-40-55(58(62-51)36-25-46-21-17-16-18-22-46)49-30-26-47(27-31-49)53-34-35-54(60-57(53)39-45(9)61-60)48-28-32-50(33-29-48)56-41-52(24-20-15-13-11-2)63-59(56)37-38-64(42(3)4,43(5)6)44(7)8/h16-18,21-22,26-35,39-44H,10-15,19-20,23-24H2,1-9H3. The Bertz CT molecular complexity index is 2710. The zero-order valence-corrected chi connectivity index (χ0v) is 43.4. The van der Waals surface area contributed by atoms with Gasteiger partial charge in [-0.1, -0.05) is 191 Å². The highest BCUT2D eigenvalue weighted by Crippen LogP contribution is 2.44. The molecule has 3 heterocycles. The van der Waals surface area contributed by atoms with Gasteiger partial charge in [-0.15, -0.1) is 39.6 Å². The molecule has 0 aliphatic heterocycles. The normalized spacial score (nSPS) is 11.7. The fraction of sp³-hybridized carbons (Fsp3) is 0.367. The van der Waals surface area contributed by atoms with Crippen molar-refractivity contribution in [1.82, 2.24) is 0 Å². The van der Waals surface area contributed by atoms with Crippen molar-refractivity contribution in [3.8, 4) is 67.8 Å². The zero-order chi connectivity index (χ0) is 45.2. The highest BCUT2D eigenvalue weighted by atomic mass is 32.1. The molecule has 0 fully saturated rings. The Morgan fingerprint density at radius 3 is 1.44 bits per heavy atom. The van der Waals surface area contributed by atoms with Gasteiger partial charge in [-0.2, -0.15) is 0 Å². The van der Waals surface area contributed by atoms with E-state index in [1.807, 2.05) is 40.1 Å². The van der Waals surface area contributed by atoms with Crippen LogP contribution in [-0.4, -0.2) is 8.07 Å². The lowest BCUT2D eigenvalue weighted by molar-refractivity contribution is 0.670. The van der Waals surface area contributed by atoms with Crippen LogP contribution >= 0.6 is 34.0 Å². The number of thiophene rings is 3. The van der Waals surface area contributed by atoms with Gasteiger partial charge in [0.2, 0.25) is 0 Å². The Labute approximate surface area is 399 Å². The highest BCUT2D eigenvalue weighted by molar-refractivity contribution is 7.19. The van der Waals surface area contributed by atoms with E-state index in [9.17, 15) is 0 Å². The summed E-state index contributed by atoms with van der Waals surface area (Å²) in [5, 5.41) is 1.33. The molecular formula is C60H68S3Si. The molecule has 0 atom stereocenters. The molecule has 64 heavy (non-hydrogen) atoms. The maximum atomic E-state index is 4.06. The third-order valence-electron chi connectivity index (χ3n) is 13.3. The lowest BCUT2D eigenvalue weighted by Gasteiger charge is -2.38. The molecule has 3 aromatic heterocycles. The van der Waals surface area contributed by atoms with Crippen molar-refractivity contribution < 1.29 is 0 Å². The van der Waals surface area contributed by atoms with Gasteiger partial charge in [-0.25, -0.2) is 0 Å². The quantitative estimate of drug-likeness (QED) is 0.0485. The number of hydrogen-bond acceptors (Lipinski definition) is 3. The minimum absolute atomic E-state index is 0.614. The van der Waals surface area contributed by atoms with Crippen LogP contribution in [-0.2, 0) is 12.8 Å². The monoisotopic (exact) mass is 912 g/mol. The van der Waals surface area contributed by atoms with Crippen LogP contribution in [0, 0.1) is 30.2 Å². The maximum absolute atomic E-state index is 4.06. The summed E-state index contributed by atoms with van der Waals surface area (Å²) in [5.74, 6) is 10.9.